The van der Waals surface area contributed by atoms with Gasteiger partial charge in [-0.3, -0.25) is 0 Å². The van der Waals surface area contributed by atoms with E-state index in [1.165, 1.54) is 0 Å². The van der Waals surface area contributed by atoms with Crippen molar-refractivity contribution in [2.75, 3.05) is 6.61 Å². The summed E-state index contributed by atoms with van der Waals surface area (Å²) in [5, 5.41) is 9.27. The number of hydrogen-bond acceptors (Lipinski definition) is 4. The SMILES string of the molecule is CC(CO)SC(c1ccco1)C(C)N. The van der Waals surface area contributed by atoms with E-state index < -0.39 is 0 Å². The fraction of sp³-hybridized carbons (Fsp3) is 0.600. The Morgan fingerprint density at radius 1 is 1.57 bits per heavy atom. The van der Waals surface area contributed by atoms with Gasteiger partial charge in [0.25, 0.3) is 0 Å². The van der Waals surface area contributed by atoms with Gasteiger partial charge in [0, 0.05) is 11.3 Å². The molecule has 0 aromatic carbocycles. The van der Waals surface area contributed by atoms with Crippen LogP contribution in [0.4, 0.5) is 0 Å². The molecule has 80 valence electrons. The molecule has 1 aromatic rings. The van der Waals surface area contributed by atoms with Gasteiger partial charge in [-0.25, -0.2) is 0 Å². The molecule has 4 heteroatoms. The molecule has 0 amide bonds. The summed E-state index contributed by atoms with van der Waals surface area (Å²) in [5.74, 6) is 0.880. The number of thioether (sulfide) groups is 1. The van der Waals surface area contributed by atoms with Crippen molar-refractivity contribution in [3.8, 4) is 0 Å². The van der Waals surface area contributed by atoms with Gasteiger partial charge in [-0.1, -0.05) is 6.92 Å². The molecule has 1 heterocycles. The summed E-state index contributed by atoms with van der Waals surface area (Å²) < 4.78 is 5.32. The lowest BCUT2D eigenvalue weighted by Gasteiger charge is -2.20. The first-order chi connectivity index (χ1) is 6.65. The zero-order valence-electron chi connectivity index (χ0n) is 8.51. The summed E-state index contributed by atoms with van der Waals surface area (Å²) >= 11 is 1.64. The molecule has 1 rings (SSSR count). The van der Waals surface area contributed by atoms with Crippen LogP contribution in [0.5, 0.6) is 0 Å². The Bertz CT molecular complexity index is 249. The van der Waals surface area contributed by atoms with Crippen molar-refractivity contribution in [3.63, 3.8) is 0 Å². The van der Waals surface area contributed by atoms with E-state index in [0.29, 0.717) is 0 Å². The second-order valence-electron chi connectivity index (χ2n) is 3.42. The zero-order valence-corrected chi connectivity index (χ0v) is 9.33. The summed E-state index contributed by atoms with van der Waals surface area (Å²) in [7, 11) is 0. The molecule has 0 aliphatic carbocycles. The predicted molar refractivity (Wildman–Crippen MR) is 59.2 cm³/mol. The first-order valence-corrected chi connectivity index (χ1v) is 5.64. The summed E-state index contributed by atoms with van der Waals surface area (Å²) in [5.41, 5.74) is 5.87. The van der Waals surface area contributed by atoms with Gasteiger partial charge in [-0.05, 0) is 19.1 Å². The van der Waals surface area contributed by atoms with Crippen molar-refractivity contribution in [3.05, 3.63) is 24.2 Å². The van der Waals surface area contributed by atoms with Crippen molar-refractivity contribution in [2.45, 2.75) is 30.4 Å². The van der Waals surface area contributed by atoms with Crippen molar-refractivity contribution < 1.29 is 9.52 Å². The molecule has 0 spiro atoms. The Labute approximate surface area is 88.7 Å². The van der Waals surface area contributed by atoms with Crippen molar-refractivity contribution >= 4 is 11.8 Å². The third-order valence-electron chi connectivity index (χ3n) is 1.94. The van der Waals surface area contributed by atoms with Gasteiger partial charge in [-0.15, -0.1) is 11.8 Å². The summed E-state index contributed by atoms with van der Waals surface area (Å²) in [6, 6.07) is 3.79. The van der Waals surface area contributed by atoms with Gasteiger partial charge in [-0.2, -0.15) is 0 Å². The lowest BCUT2D eigenvalue weighted by Crippen LogP contribution is -2.24. The molecule has 0 saturated heterocycles. The monoisotopic (exact) mass is 215 g/mol. The quantitative estimate of drug-likeness (QED) is 0.786. The standard InChI is InChI=1S/C10H17NO2S/c1-7(6-12)14-10(8(2)11)9-4-3-5-13-9/h3-5,7-8,10,12H,6,11H2,1-2H3. The van der Waals surface area contributed by atoms with Gasteiger partial charge in [0.05, 0.1) is 18.1 Å². The number of rotatable bonds is 5. The van der Waals surface area contributed by atoms with Crippen molar-refractivity contribution in [2.24, 2.45) is 5.73 Å². The van der Waals surface area contributed by atoms with E-state index in [1.807, 2.05) is 26.0 Å². The van der Waals surface area contributed by atoms with Gasteiger partial charge in [0.2, 0.25) is 0 Å². The van der Waals surface area contributed by atoms with Gasteiger partial charge in [0.15, 0.2) is 0 Å². The largest absolute Gasteiger partial charge is 0.468 e. The number of aliphatic hydroxyl groups is 1. The van der Waals surface area contributed by atoms with E-state index in [-0.39, 0.29) is 23.1 Å². The summed E-state index contributed by atoms with van der Waals surface area (Å²) in [4.78, 5) is 0. The maximum Gasteiger partial charge on any atom is 0.118 e. The average molecular weight is 215 g/mol. The molecule has 0 bridgehead atoms. The molecular formula is C10H17NO2S. The molecule has 3 unspecified atom stereocenters. The van der Waals surface area contributed by atoms with Crippen LogP contribution in [0.1, 0.15) is 24.9 Å². The van der Waals surface area contributed by atoms with Crippen molar-refractivity contribution in [1.82, 2.24) is 0 Å². The molecule has 0 fully saturated rings. The van der Waals surface area contributed by atoms with Crippen LogP contribution in [-0.4, -0.2) is 23.0 Å². The smallest absolute Gasteiger partial charge is 0.118 e. The Morgan fingerprint density at radius 2 is 2.29 bits per heavy atom. The van der Waals surface area contributed by atoms with E-state index in [2.05, 4.69) is 0 Å². The highest BCUT2D eigenvalue weighted by atomic mass is 32.2. The predicted octanol–water partition coefficient (Wildman–Crippen LogP) is 1.78. The fourth-order valence-corrected chi connectivity index (χ4v) is 2.30. The molecular weight excluding hydrogens is 198 g/mol. The van der Waals surface area contributed by atoms with E-state index in [9.17, 15) is 0 Å². The number of aliphatic hydroxyl groups excluding tert-OH is 1. The second kappa shape index (κ2) is 5.44. The summed E-state index contributed by atoms with van der Waals surface area (Å²) in [6.07, 6.45) is 1.65. The molecule has 0 radical (unpaired) electrons. The Morgan fingerprint density at radius 3 is 2.71 bits per heavy atom. The third-order valence-corrected chi connectivity index (χ3v) is 3.51. The topological polar surface area (TPSA) is 59.4 Å². The minimum atomic E-state index is 0.0140. The Kier molecular flexibility index (Phi) is 4.51. The Balaban J connectivity index is 2.66. The maximum atomic E-state index is 8.97. The lowest BCUT2D eigenvalue weighted by molar-refractivity contribution is 0.299. The molecule has 1 aromatic heterocycles. The molecule has 0 aliphatic heterocycles. The highest BCUT2D eigenvalue weighted by Crippen LogP contribution is 2.34. The van der Waals surface area contributed by atoms with E-state index in [1.54, 1.807) is 18.0 Å². The van der Waals surface area contributed by atoms with Crippen LogP contribution < -0.4 is 5.73 Å². The van der Waals surface area contributed by atoms with E-state index >= 15 is 0 Å². The molecule has 3 N–H and O–H groups in total. The lowest BCUT2D eigenvalue weighted by atomic mass is 10.2. The summed E-state index contributed by atoms with van der Waals surface area (Å²) in [6.45, 7) is 4.09. The first kappa shape index (κ1) is 11.6. The van der Waals surface area contributed by atoms with E-state index in [4.69, 9.17) is 15.3 Å². The molecule has 14 heavy (non-hydrogen) atoms. The van der Waals surface area contributed by atoms with Gasteiger partial charge >= 0.3 is 0 Å². The number of nitrogens with two attached hydrogens (primary N) is 1. The average Bonchev–Trinajstić information content (AvgIpc) is 2.65. The number of hydrogen-bond donors (Lipinski definition) is 2. The van der Waals surface area contributed by atoms with Crippen LogP contribution in [-0.2, 0) is 0 Å². The third kappa shape index (κ3) is 3.04. The van der Waals surface area contributed by atoms with E-state index in [0.717, 1.165) is 5.76 Å². The highest BCUT2D eigenvalue weighted by Gasteiger charge is 2.21. The normalized spacial score (nSPS) is 17.7. The maximum absolute atomic E-state index is 8.97. The molecule has 0 saturated carbocycles. The van der Waals surface area contributed by atoms with Crippen LogP contribution in [0.2, 0.25) is 0 Å². The van der Waals surface area contributed by atoms with Gasteiger partial charge in [0.1, 0.15) is 5.76 Å². The van der Waals surface area contributed by atoms with Gasteiger partial charge < -0.3 is 15.3 Å². The first-order valence-electron chi connectivity index (χ1n) is 4.70. The van der Waals surface area contributed by atoms with Crippen LogP contribution >= 0.6 is 11.8 Å². The molecule has 3 atom stereocenters. The minimum Gasteiger partial charge on any atom is -0.468 e. The molecule has 3 nitrogen and oxygen atoms in total. The molecule has 0 aliphatic rings. The zero-order chi connectivity index (χ0) is 10.6. The second-order valence-corrected chi connectivity index (χ2v) is 5.01. The minimum absolute atomic E-state index is 0.0140. The van der Waals surface area contributed by atoms with Crippen LogP contribution in [0, 0.1) is 0 Å². The van der Waals surface area contributed by atoms with Crippen LogP contribution in [0.25, 0.3) is 0 Å². The Hall–Kier alpha value is -0.450. The highest BCUT2D eigenvalue weighted by molar-refractivity contribution is 8.00. The van der Waals surface area contributed by atoms with Crippen molar-refractivity contribution in [1.29, 1.82) is 0 Å². The van der Waals surface area contributed by atoms with Crippen LogP contribution in [0.3, 0.4) is 0 Å². The fourth-order valence-electron chi connectivity index (χ4n) is 1.20. The van der Waals surface area contributed by atoms with Crippen LogP contribution in [0.15, 0.2) is 22.8 Å². The number of furan rings is 1.